The molecule has 2 aromatic rings. The van der Waals surface area contributed by atoms with Gasteiger partial charge in [0.25, 0.3) is 0 Å². The third-order valence-corrected chi connectivity index (χ3v) is 3.43. The lowest BCUT2D eigenvalue weighted by Crippen LogP contribution is -2.28. The molecule has 2 rings (SSSR count). The number of Topliss-reactive ketones (excluding diaryl/α,β-unsaturated/α-hetero) is 1. The molecule has 0 aliphatic carbocycles. The van der Waals surface area contributed by atoms with Crippen molar-refractivity contribution in [2.24, 2.45) is 0 Å². The number of carbonyl (C=O) groups excluding carboxylic acids is 1. The van der Waals surface area contributed by atoms with Crippen molar-refractivity contribution in [3.63, 3.8) is 0 Å². The fraction of sp³-hybridized carbons (Fsp3) is 0.308. The highest BCUT2D eigenvalue weighted by atomic mass is 32.1. The second kappa shape index (κ2) is 5.80. The molecule has 0 unspecified atom stereocenters. The molecule has 2 heterocycles. The molecule has 0 saturated carbocycles. The Bertz CT molecular complexity index is 448. The third-order valence-electron chi connectivity index (χ3n) is 2.57. The molecule has 0 amide bonds. The number of likely N-dealkylation sites (N-methyl/N-ethyl adjacent to an activating group) is 1. The minimum atomic E-state index is 0.0356. The summed E-state index contributed by atoms with van der Waals surface area (Å²) in [5, 5.41) is 2.05. The molecule has 0 saturated heterocycles. The van der Waals surface area contributed by atoms with Gasteiger partial charge in [-0.2, -0.15) is 0 Å². The SMILES string of the molecule is CCN(CC(=O)c1ccco1)Cc1cccs1. The van der Waals surface area contributed by atoms with E-state index in [1.165, 1.54) is 11.1 Å². The molecule has 0 spiro atoms. The van der Waals surface area contributed by atoms with Gasteiger partial charge in [0.1, 0.15) is 0 Å². The summed E-state index contributed by atoms with van der Waals surface area (Å²) in [7, 11) is 0. The fourth-order valence-electron chi connectivity index (χ4n) is 1.62. The first-order valence-electron chi connectivity index (χ1n) is 5.61. The van der Waals surface area contributed by atoms with Crippen molar-refractivity contribution in [1.82, 2.24) is 4.90 Å². The van der Waals surface area contributed by atoms with Crippen LogP contribution in [0.3, 0.4) is 0 Å². The van der Waals surface area contributed by atoms with Gasteiger partial charge in [0.05, 0.1) is 12.8 Å². The summed E-state index contributed by atoms with van der Waals surface area (Å²) in [5.74, 6) is 0.475. The van der Waals surface area contributed by atoms with E-state index in [0.717, 1.165) is 13.1 Å². The second-order valence-electron chi connectivity index (χ2n) is 3.78. The van der Waals surface area contributed by atoms with E-state index in [0.29, 0.717) is 12.3 Å². The first-order chi connectivity index (χ1) is 8.29. The molecule has 0 aromatic carbocycles. The average Bonchev–Trinajstić information content (AvgIpc) is 3.00. The van der Waals surface area contributed by atoms with Crippen molar-refractivity contribution < 1.29 is 9.21 Å². The lowest BCUT2D eigenvalue weighted by atomic mass is 10.2. The summed E-state index contributed by atoms with van der Waals surface area (Å²) in [4.78, 5) is 15.3. The van der Waals surface area contributed by atoms with Gasteiger partial charge in [0, 0.05) is 11.4 Å². The molecule has 0 aliphatic rings. The highest BCUT2D eigenvalue weighted by Gasteiger charge is 2.13. The van der Waals surface area contributed by atoms with E-state index in [1.54, 1.807) is 23.5 Å². The van der Waals surface area contributed by atoms with E-state index in [2.05, 4.69) is 23.3 Å². The molecular formula is C13H15NO2S. The van der Waals surface area contributed by atoms with Gasteiger partial charge < -0.3 is 4.42 Å². The van der Waals surface area contributed by atoms with Gasteiger partial charge in [-0.25, -0.2) is 0 Å². The number of carbonyl (C=O) groups is 1. The number of nitrogens with zero attached hydrogens (tertiary/aromatic N) is 1. The molecule has 0 aliphatic heterocycles. The summed E-state index contributed by atoms with van der Waals surface area (Å²) in [5.41, 5.74) is 0. The normalized spacial score (nSPS) is 10.9. The summed E-state index contributed by atoms with van der Waals surface area (Å²) < 4.78 is 5.10. The smallest absolute Gasteiger partial charge is 0.211 e. The van der Waals surface area contributed by atoms with Crippen molar-refractivity contribution in [3.8, 4) is 0 Å². The van der Waals surface area contributed by atoms with E-state index in [9.17, 15) is 4.79 Å². The summed E-state index contributed by atoms with van der Waals surface area (Å²) in [6.45, 7) is 4.13. The van der Waals surface area contributed by atoms with Gasteiger partial charge in [-0.3, -0.25) is 9.69 Å². The van der Waals surface area contributed by atoms with Crippen LogP contribution in [-0.4, -0.2) is 23.8 Å². The van der Waals surface area contributed by atoms with Crippen LogP contribution in [-0.2, 0) is 6.54 Å². The van der Waals surface area contributed by atoms with E-state index in [4.69, 9.17) is 4.42 Å². The van der Waals surface area contributed by atoms with Gasteiger partial charge in [-0.1, -0.05) is 13.0 Å². The van der Waals surface area contributed by atoms with E-state index < -0.39 is 0 Å². The van der Waals surface area contributed by atoms with Gasteiger partial charge >= 0.3 is 0 Å². The Kier molecular flexibility index (Phi) is 4.12. The number of rotatable bonds is 6. The summed E-state index contributed by atoms with van der Waals surface area (Å²) in [6, 6.07) is 7.57. The molecule has 2 aromatic heterocycles. The van der Waals surface area contributed by atoms with Crippen LogP contribution < -0.4 is 0 Å². The number of hydrogen-bond donors (Lipinski definition) is 0. The average molecular weight is 249 g/mol. The molecule has 0 atom stereocenters. The zero-order valence-electron chi connectivity index (χ0n) is 9.76. The van der Waals surface area contributed by atoms with Crippen LogP contribution in [0.5, 0.6) is 0 Å². The monoisotopic (exact) mass is 249 g/mol. The molecular weight excluding hydrogens is 234 g/mol. The van der Waals surface area contributed by atoms with Crippen molar-refractivity contribution in [3.05, 3.63) is 46.5 Å². The van der Waals surface area contributed by atoms with Crippen molar-refractivity contribution in [1.29, 1.82) is 0 Å². The Hall–Kier alpha value is -1.39. The van der Waals surface area contributed by atoms with Gasteiger partial charge in [-0.05, 0) is 30.1 Å². The lowest BCUT2D eigenvalue weighted by molar-refractivity contribution is 0.0902. The first-order valence-corrected chi connectivity index (χ1v) is 6.49. The molecule has 0 radical (unpaired) electrons. The largest absolute Gasteiger partial charge is 0.461 e. The number of ketones is 1. The standard InChI is InChI=1S/C13H15NO2S/c1-2-14(9-11-5-4-8-17-11)10-12(15)13-6-3-7-16-13/h3-8H,2,9-10H2,1H3. The Balaban J connectivity index is 1.93. The molecule has 0 N–H and O–H groups in total. The highest BCUT2D eigenvalue weighted by molar-refractivity contribution is 7.09. The Morgan fingerprint density at radius 3 is 2.88 bits per heavy atom. The number of furan rings is 1. The minimum Gasteiger partial charge on any atom is -0.461 e. The highest BCUT2D eigenvalue weighted by Crippen LogP contribution is 2.12. The number of thiophene rings is 1. The van der Waals surface area contributed by atoms with E-state index in [1.807, 2.05) is 6.07 Å². The molecule has 17 heavy (non-hydrogen) atoms. The maximum atomic E-state index is 11.9. The maximum Gasteiger partial charge on any atom is 0.211 e. The lowest BCUT2D eigenvalue weighted by Gasteiger charge is -2.17. The van der Waals surface area contributed by atoms with Crippen LogP contribution >= 0.6 is 11.3 Å². The first kappa shape index (κ1) is 12.1. The van der Waals surface area contributed by atoms with Crippen LogP contribution in [0.25, 0.3) is 0 Å². The maximum absolute atomic E-state index is 11.9. The minimum absolute atomic E-state index is 0.0356. The van der Waals surface area contributed by atoms with Gasteiger partial charge in [0.2, 0.25) is 5.78 Å². The quantitative estimate of drug-likeness (QED) is 0.738. The predicted octanol–water partition coefficient (Wildman–Crippen LogP) is 3.05. The molecule has 0 bridgehead atoms. The second-order valence-corrected chi connectivity index (χ2v) is 4.82. The van der Waals surface area contributed by atoms with E-state index in [-0.39, 0.29) is 5.78 Å². The zero-order chi connectivity index (χ0) is 12.1. The van der Waals surface area contributed by atoms with Gasteiger partial charge in [0.15, 0.2) is 5.76 Å². The predicted molar refractivity (Wildman–Crippen MR) is 68.3 cm³/mol. The van der Waals surface area contributed by atoms with E-state index >= 15 is 0 Å². The van der Waals surface area contributed by atoms with Crippen molar-refractivity contribution in [2.75, 3.05) is 13.1 Å². The van der Waals surface area contributed by atoms with Crippen LogP contribution in [0.1, 0.15) is 22.4 Å². The van der Waals surface area contributed by atoms with Crippen molar-refractivity contribution in [2.45, 2.75) is 13.5 Å². The van der Waals surface area contributed by atoms with Gasteiger partial charge in [-0.15, -0.1) is 11.3 Å². The number of hydrogen-bond acceptors (Lipinski definition) is 4. The Morgan fingerprint density at radius 1 is 1.41 bits per heavy atom. The Morgan fingerprint density at radius 2 is 2.29 bits per heavy atom. The Labute approximate surface area is 105 Å². The zero-order valence-corrected chi connectivity index (χ0v) is 10.6. The molecule has 90 valence electrons. The third kappa shape index (κ3) is 3.28. The molecule has 0 fully saturated rings. The molecule has 4 heteroatoms. The van der Waals surface area contributed by atoms with Crippen LogP contribution in [0.4, 0.5) is 0 Å². The van der Waals surface area contributed by atoms with Crippen LogP contribution in [0, 0.1) is 0 Å². The summed E-state index contributed by atoms with van der Waals surface area (Å²) in [6.07, 6.45) is 1.53. The van der Waals surface area contributed by atoms with Crippen LogP contribution in [0.2, 0.25) is 0 Å². The topological polar surface area (TPSA) is 33.5 Å². The van der Waals surface area contributed by atoms with Crippen molar-refractivity contribution >= 4 is 17.1 Å². The summed E-state index contributed by atoms with van der Waals surface area (Å²) >= 11 is 1.71. The molecule has 3 nitrogen and oxygen atoms in total. The van der Waals surface area contributed by atoms with Crippen LogP contribution in [0.15, 0.2) is 40.3 Å². The fourth-order valence-corrected chi connectivity index (χ4v) is 2.37.